The molecule has 0 unspecified atom stereocenters. The fourth-order valence-corrected chi connectivity index (χ4v) is 3.83. The highest BCUT2D eigenvalue weighted by molar-refractivity contribution is 7.21. The molecule has 6 heteroatoms. The molecule has 20 heavy (non-hydrogen) atoms. The van der Waals surface area contributed by atoms with E-state index in [1.54, 1.807) is 6.07 Å². The molecule has 0 spiro atoms. The van der Waals surface area contributed by atoms with Crippen molar-refractivity contribution in [3.63, 3.8) is 0 Å². The van der Waals surface area contributed by atoms with Crippen molar-refractivity contribution in [3.8, 4) is 0 Å². The van der Waals surface area contributed by atoms with Crippen LogP contribution in [-0.4, -0.2) is 23.7 Å². The third-order valence-corrected chi connectivity index (χ3v) is 5.22. The van der Waals surface area contributed by atoms with E-state index in [2.05, 4.69) is 5.32 Å². The molecule has 0 aliphatic heterocycles. The van der Waals surface area contributed by atoms with Gasteiger partial charge in [0.15, 0.2) is 0 Å². The van der Waals surface area contributed by atoms with Gasteiger partial charge in [-0.1, -0.05) is 11.6 Å². The molecular weight excluding hydrogens is 301 g/mol. The van der Waals surface area contributed by atoms with Crippen LogP contribution in [-0.2, 0) is 0 Å². The molecule has 2 N–H and O–H groups in total. The number of carbonyl (C=O) groups is 1. The van der Waals surface area contributed by atoms with Crippen LogP contribution in [0.5, 0.6) is 0 Å². The van der Waals surface area contributed by atoms with Crippen molar-refractivity contribution >= 4 is 38.9 Å². The monoisotopic (exact) mass is 313 g/mol. The van der Waals surface area contributed by atoms with E-state index in [1.165, 1.54) is 23.5 Å². The van der Waals surface area contributed by atoms with Crippen molar-refractivity contribution in [2.75, 3.05) is 6.54 Å². The van der Waals surface area contributed by atoms with Crippen LogP contribution < -0.4 is 5.32 Å². The van der Waals surface area contributed by atoms with Crippen molar-refractivity contribution in [3.05, 3.63) is 33.9 Å². The first-order valence-electron chi connectivity index (χ1n) is 6.38. The Kier molecular flexibility index (Phi) is 3.67. The van der Waals surface area contributed by atoms with Crippen molar-refractivity contribution in [2.24, 2.45) is 5.92 Å². The largest absolute Gasteiger partial charge is 0.393 e. The zero-order valence-corrected chi connectivity index (χ0v) is 12.1. The predicted molar refractivity (Wildman–Crippen MR) is 77.9 cm³/mol. The molecule has 3 rings (SSSR count). The minimum absolute atomic E-state index is 0.229. The number of rotatable bonds is 3. The third kappa shape index (κ3) is 2.53. The Hall–Kier alpha value is -1.17. The molecule has 1 saturated carbocycles. The minimum atomic E-state index is -0.342. The molecule has 1 amide bonds. The maximum Gasteiger partial charge on any atom is 0.262 e. The molecule has 3 nitrogen and oxygen atoms in total. The fourth-order valence-electron chi connectivity index (χ4n) is 2.37. The summed E-state index contributed by atoms with van der Waals surface area (Å²) in [5.41, 5.74) is 0. The molecule has 0 bridgehead atoms. The first kappa shape index (κ1) is 13.8. The number of thiophene rings is 1. The summed E-state index contributed by atoms with van der Waals surface area (Å²) in [6.07, 6.45) is 1.23. The average molecular weight is 314 g/mol. The van der Waals surface area contributed by atoms with Crippen molar-refractivity contribution < 1.29 is 14.3 Å². The summed E-state index contributed by atoms with van der Waals surface area (Å²) in [6, 6.07) is 4.30. The third-order valence-electron chi connectivity index (χ3n) is 3.56. The van der Waals surface area contributed by atoms with Crippen molar-refractivity contribution in [2.45, 2.75) is 18.9 Å². The van der Waals surface area contributed by atoms with Gasteiger partial charge in [-0.25, -0.2) is 4.39 Å². The van der Waals surface area contributed by atoms with Crippen LogP contribution in [0.1, 0.15) is 22.5 Å². The van der Waals surface area contributed by atoms with E-state index in [0.29, 0.717) is 32.4 Å². The number of fused-ring (bicyclic) bond motifs is 1. The molecule has 2 aromatic rings. The van der Waals surface area contributed by atoms with E-state index in [-0.39, 0.29) is 17.8 Å². The number of halogens is 2. The highest BCUT2D eigenvalue weighted by Crippen LogP contribution is 2.35. The lowest BCUT2D eigenvalue weighted by atomic mass is 9.82. The highest BCUT2D eigenvalue weighted by atomic mass is 35.5. The van der Waals surface area contributed by atoms with Crippen molar-refractivity contribution in [1.82, 2.24) is 5.32 Å². The zero-order chi connectivity index (χ0) is 14.3. The Balaban J connectivity index is 1.75. The molecule has 0 radical (unpaired) electrons. The average Bonchev–Trinajstić information content (AvgIpc) is 2.70. The van der Waals surface area contributed by atoms with E-state index in [9.17, 15) is 14.3 Å². The zero-order valence-electron chi connectivity index (χ0n) is 10.5. The Morgan fingerprint density at radius 2 is 2.25 bits per heavy atom. The Bertz CT molecular complexity index is 666. The highest BCUT2D eigenvalue weighted by Gasteiger charge is 2.27. The molecule has 106 valence electrons. The van der Waals surface area contributed by atoms with Gasteiger partial charge in [0.05, 0.1) is 11.1 Å². The molecule has 0 saturated heterocycles. The second-order valence-electron chi connectivity index (χ2n) is 5.09. The van der Waals surface area contributed by atoms with Gasteiger partial charge in [0, 0.05) is 16.6 Å². The van der Waals surface area contributed by atoms with Crippen LogP contribution in [0.25, 0.3) is 10.1 Å². The van der Waals surface area contributed by atoms with Gasteiger partial charge in [-0.15, -0.1) is 11.3 Å². The normalized spacial score (nSPS) is 21.8. The second-order valence-corrected chi connectivity index (χ2v) is 6.52. The van der Waals surface area contributed by atoms with Crippen LogP contribution in [0.4, 0.5) is 4.39 Å². The molecular formula is C14H13ClFNO2S. The lowest BCUT2D eigenvalue weighted by molar-refractivity contribution is 0.0420. The molecule has 1 aliphatic rings. The summed E-state index contributed by atoms with van der Waals surface area (Å²) in [5, 5.41) is 13.1. The van der Waals surface area contributed by atoms with Crippen LogP contribution in [0, 0.1) is 11.7 Å². The minimum Gasteiger partial charge on any atom is -0.393 e. The number of hydrogen-bond donors (Lipinski definition) is 2. The number of carbonyl (C=O) groups excluding carboxylic acids is 1. The predicted octanol–water partition coefficient (Wildman–Crippen LogP) is 3.19. The van der Waals surface area contributed by atoms with Crippen LogP contribution in [0.3, 0.4) is 0 Å². The summed E-state index contributed by atoms with van der Waals surface area (Å²) in [6.45, 7) is 0.537. The number of nitrogens with one attached hydrogen (secondary N) is 1. The summed E-state index contributed by atoms with van der Waals surface area (Å²) < 4.78 is 13.8. The standard InChI is InChI=1S/C14H13ClFNO2S/c15-12-10-2-1-8(16)5-11(10)20-13(12)14(19)17-6-7-3-9(18)4-7/h1-2,5,7,9,18H,3-4,6H2,(H,17,19). The summed E-state index contributed by atoms with van der Waals surface area (Å²) in [7, 11) is 0. The van der Waals surface area contributed by atoms with Crippen molar-refractivity contribution in [1.29, 1.82) is 0 Å². The summed E-state index contributed by atoms with van der Waals surface area (Å²) in [5.74, 6) is -0.247. The van der Waals surface area contributed by atoms with Gasteiger partial charge in [0.2, 0.25) is 0 Å². The van der Waals surface area contributed by atoms with Gasteiger partial charge in [-0.3, -0.25) is 4.79 Å². The number of aliphatic hydroxyl groups is 1. The second kappa shape index (κ2) is 5.31. The Labute approximate surface area is 124 Å². The van der Waals surface area contributed by atoms with Crippen LogP contribution >= 0.6 is 22.9 Å². The van der Waals surface area contributed by atoms with Gasteiger partial charge in [-0.2, -0.15) is 0 Å². The Morgan fingerprint density at radius 3 is 2.95 bits per heavy atom. The maximum absolute atomic E-state index is 13.2. The van der Waals surface area contributed by atoms with E-state index < -0.39 is 0 Å². The van der Waals surface area contributed by atoms with E-state index in [0.717, 1.165) is 12.8 Å². The molecule has 1 heterocycles. The van der Waals surface area contributed by atoms with Crippen LogP contribution in [0.2, 0.25) is 5.02 Å². The first-order chi connectivity index (χ1) is 9.54. The quantitative estimate of drug-likeness (QED) is 0.914. The lowest BCUT2D eigenvalue weighted by Gasteiger charge is -2.31. The topological polar surface area (TPSA) is 49.3 Å². The summed E-state index contributed by atoms with van der Waals surface area (Å²) in [4.78, 5) is 12.5. The molecule has 1 aromatic heterocycles. The SMILES string of the molecule is O=C(NCC1CC(O)C1)c1sc2cc(F)ccc2c1Cl. The lowest BCUT2D eigenvalue weighted by Crippen LogP contribution is -2.38. The number of benzene rings is 1. The summed E-state index contributed by atoms with van der Waals surface area (Å²) >= 11 is 7.37. The fraction of sp³-hybridized carbons (Fsp3) is 0.357. The number of aliphatic hydroxyl groups excluding tert-OH is 1. The molecule has 1 aliphatic carbocycles. The molecule has 1 fully saturated rings. The van der Waals surface area contributed by atoms with E-state index >= 15 is 0 Å². The first-order valence-corrected chi connectivity index (χ1v) is 7.58. The van der Waals surface area contributed by atoms with Crippen LogP contribution in [0.15, 0.2) is 18.2 Å². The maximum atomic E-state index is 13.2. The Morgan fingerprint density at radius 1 is 1.50 bits per heavy atom. The smallest absolute Gasteiger partial charge is 0.262 e. The van der Waals surface area contributed by atoms with Gasteiger partial charge in [0.25, 0.3) is 5.91 Å². The van der Waals surface area contributed by atoms with Gasteiger partial charge in [0.1, 0.15) is 10.7 Å². The van der Waals surface area contributed by atoms with Gasteiger partial charge < -0.3 is 10.4 Å². The van der Waals surface area contributed by atoms with E-state index in [1.807, 2.05) is 0 Å². The molecule has 0 atom stereocenters. The molecule has 1 aromatic carbocycles. The number of hydrogen-bond acceptors (Lipinski definition) is 3. The van der Waals surface area contributed by atoms with Gasteiger partial charge in [-0.05, 0) is 37.0 Å². The van der Waals surface area contributed by atoms with Gasteiger partial charge >= 0.3 is 0 Å². The number of amides is 1. The van der Waals surface area contributed by atoms with E-state index in [4.69, 9.17) is 11.6 Å².